The van der Waals surface area contributed by atoms with Gasteiger partial charge in [-0.15, -0.1) is 11.8 Å². The van der Waals surface area contributed by atoms with Gasteiger partial charge in [-0.05, 0) is 30.9 Å². The highest BCUT2D eigenvalue weighted by Crippen LogP contribution is 2.25. The van der Waals surface area contributed by atoms with Gasteiger partial charge in [0.2, 0.25) is 0 Å². The number of aryl methyl sites for hydroxylation is 1. The van der Waals surface area contributed by atoms with Crippen molar-refractivity contribution in [2.45, 2.75) is 18.4 Å². The molecule has 8 heteroatoms. The van der Waals surface area contributed by atoms with Crippen LogP contribution in [0.15, 0.2) is 59.6 Å². The molecule has 0 saturated heterocycles. The van der Waals surface area contributed by atoms with Crippen LogP contribution < -0.4 is 5.32 Å². The van der Waals surface area contributed by atoms with Crippen molar-refractivity contribution in [1.29, 1.82) is 0 Å². The van der Waals surface area contributed by atoms with E-state index in [9.17, 15) is 14.9 Å². The fourth-order valence-corrected chi connectivity index (χ4v) is 3.15. The lowest BCUT2D eigenvalue weighted by atomic mass is 10.1. The highest BCUT2D eigenvalue weighted by Gasteiger charge is 2.21. The van der Waals surface area contributed by atoms with E-state index < -0.39 is 10.8 Å². The first-order chi connectivity index (χ1) is 13.0. The number of rotatable bonds is 6. The summed E-state index contributed by atoms with van der Waals surface area (Å²) in [5.74, 6) is -0.0612. The number of thioether (sulfide) groups is 1. The molecular weight excluding hydrogens is 364 g/mol. The number of hydrogen-bond acceptors (Lipinski definition) is 5. The summed E-state index contributed by atoms with van der Waals surface area (Å²) < 4.78 is 1.65. The number of nitro benzene ring substituents is 1. The van der Waals surface area contributed by atoms with Gasteiger partial charge in [0.1, 0.15) is 11.4 Å². The van der Waals surface area contributed by atoms with Crippen LogP contribution in [0, 0.1) is 17.0 Å². The molecule has 0 aliphatic rings. The summed E-state index contributed by atoms with van der Waals surface area (Å²) in [5, 5.41) is 18.2. The van der Waals surface area contributed by atoms with Gasteiger partial charge in [0.05, 0.1) is 17.7 Å². The monoisotopic (exact) mass is 382 g/mol. The van der Waals surface area contributed by atoms with Crippen molar-refractivity contribution < 1.29 is 9.72 Å². The zero-order valence-electron chi connectivity index (χ0n) is 14.9. The Morgan fingerprint density at radius 2 is 2.07 bits per heavy atom. The van der Waals surface area contributed by atoms with Crippen LogP contribution in [-0.4, -0.2) is 26.9 Å². The molecule has 2 aromatic carbocycles. The Kier molecular flexibility index (Phi) is 5.56. The van der Waals surface area contributed by atoms with Crippen molar-refractivity contribution >= 4 is 29.2 Å². The molecule has 0 spiro atoms. The summed E-state index contributed by atoms with van der Waals surface area (Å²) in [4.78, 5) is 24.2. The van der Waals surface area contributed by atoms with E-state index in [0.717, 1.165) is 16.0 Å². The number of nitro groups is 1. The molecule has 1 N–H and O–H groups in total. The van der Waals surface area contributed by atoms with Crippen molar-refractivity contribution in [2.75, 3.05) is 11.6 Å². The second-order valence-corrected chi connectivity index (χ2v) is 6.84. The number of amides is 1. The predicted molar refractivity (Wildman–Crippen MR) is 105 cm³/mol. The zero-order valence-corrected chi connectivity index (χ0v) is 15.7. The van der Waals surface area contributed by atoms with Gasteiger partial charge < -0.3 is 5.32 Å². The number of aromatic nitrogens is 2. The normalized spacial score (nSPS) is 10.6. The Labute approximate surface area is 160 Å². The molecule has 3 rings (SSSR count). The van der Waals surface area contributed by atoms with Crippen LogP contribution in [0.2, 0.25) is 0 Å². The summed E-state index contributed by atoms with van der Waals surface area (Å²) in [5.41, 5.74) is 1.98. The average molecular weight is 382 g/mol. The molecule has 138 valence electrons. The maximum absolute atomic E-state index is 12.7. The van der Waals surface area contributed by atoms with E-state index in [1.54, 1.807) is 23.0 Å². The first-order valence-electron chi connectivity index (χ1n) is 8.19. The second kappa shape index (κ2) is 8.05. The van der Waals surface area contributed by atoms with Crippen LogP contribution in [0.25, 0.3) is 0 Å². The number of nitrogens with zero attached hydrogens (tertiary/aromatic N) is 3. The van der Waals surface area contributed by atoms with Gasteiger partial charge in [0.25, 0.3) is 11.6 Å². The quantitative estimate of drug-likeness (QED) is 0.393. The van der Waals surface area contributed by atoms with E-state index in [0.29, 0.717) is 12.4 Å². The van der Waals surface area contributed by atoms with Gasteiger partial charge in [-0.1, -0.05) is 29.8 Å². The molecule has 1 aromatic heterocycles. The van der Waals surface area contributed by atoms with Crippen LogP contribution in [0.1, 0.15) is 21.5 Å². The SMILES string of the molecule is CSc1ccc([N+](=O)[O-])c(C(=O)Nc2ccnn2Cc2cccc(C)c2)c1. The van der Waals surface area contributed by atoms with E-state index in [4.69, 9.17) is 0 Å². The summed E-state index contributed by atoms with van der Waals surface area (Å²) in [6.07, 6.45) is 3.43. The highest BCUT2D eigenvalue weighted by molar-refractivity contribution is 7.98. The lowest BCUT2D eigenvalue weighted by molar-refractivity contribution is -0.385. The Morgan fingerprint density at radius 1 is 1.26 bits per heavy atom. The standard InChI is InChI=1S/C19H18N4O3S/c1-13-4-3-5-14(10-13)12-22-18(8-9-20-22)21-19(24)16-11-15(27-2)6-7-17(16)23(25)26/h3-11H,12H2,1-2H3,(H,21,24). The molecule has 0 radical (unpaired) electrons. The molecule has 1 heterocycles. The first kappa shape index (κ1) is 18.7. The molecule has 0 atom stereocenters. The summed E-state index contributed by atoms with van der Waals surface area (Å²) >= 11 is 1.41. The van der Waals surface area contributed by atoms with E-state index in [-0.39, 0.29) is 11.3 Å². The maximum atomic E-state index is 12.7. The Morgan fingerprint density at radius 3 is 2.78 bits per heavy atom. The summed E-state index contributed by atoms with van der Waals surface area (Å²) in [7, 11) is 0. The minimum atomic E-state index is -0.553. The number of hydrogen-bond donors (Lipinski definition) is 1. The highest BCUT2D eigenvalue weighted by atomic mass is 32.2. The van der Waals surface area contributed by atoms with Gasteiger partial charge in [0.15, 0.2) is 0 Å². The summed E-state index contributed by atoms with van der Waals surface area (Å²) in [6.45, 7) is 2.49. The summed E-state index contributed by atoms with van der Waals surface area (Å²) in [6, 6.07) is 14.2. The van der Waals surface area contributed by atoms with Gasteiger partial charge in [-0.3, -0.25) is 14.9 Å². The van der Waals surface area contributed by atoms with Crippen molar-refractivity contribution in [3.05, 3.63) is 81.5 Å². The fourth-order valence-electron chi connectivity index (χ4n) is 2.72. The number of anilines is 1. The fraction of sp³-hybridized carbons (Fsp3) is 0.158. The number of nitrogens with one attached hydrogen (secondary N) is 1. The third-order valence-electron chi connectivity index (χ3n) is 4.02. The molecule has 7 nitrogen and oxygen atoms in total. The van der Waals surface area contributed by atoms with Crippen LogP contribution in [0.5, 0.6) is 0 Å². The molecule has 0 aliphatic heterocycles. The van der Waals surface area contributed by atoms with Crippen LogP contribution >= 0.6 is 11.8 Å². The molecule has 3 aromatic rings. The van der Waals surface area contributed by atoms with Gasteiger partial charge in [-0.2, -0.15) is 5.10 Å². The van der Waals surface area contributed by atoms with Crippen molar-refractivity contribution in [1.82, 2.24) is 9.78 Å². The lowest BCUT2D eigenvalue weighted by Crippen LogP contribution is -2.17. The number of carbonyl (C=O) groups is 1. The Bertz CT molecular complexity index is 1000. The van der Waals surface area contributed by atoms with Gasteiger partial charge in [0, 0.05) is 17.0 Å². The molecule has 1 amide bonds. The third kappa shape index (κ3) is 4.35. The molecule has 0 fully saturated rings. The van der Waals surface area contributed by atoms with Crippen LogP contribution in [0.4, 0.5) is 11.5 Å². The first-order valence-corrected chi connectivity index (χ1v) is 9.41. The molecule has 0 unspecified atom stereocenters. The zero-order chi connectivity index (χ0) is 19.4. The van der Waals surface area contributed by atoms with Gasteiger partial charge in [-0.25, -0.2) is 4.68 Å². The van der Waals surface area contributed by atoms with Crippen LogP contribution in [0.3, 0.4) is 0 Å². The van der Waals surface area contributed by atoms with E-state index >= 15 is 0 Å². The predicted octanol–water partition coefficient (Wildman–Crippen LogP) is 4.12. The minimum absolute atomic E-state index is 0.0233. The molecule has 0 aliphatic carbocycles. The molecular formula is C19H18N4O3S. The minimum Gasteiger partial charge on any atom is -0.307 e. The topological polar surface area (TPSA) is 90.1 Å². The molecule has 0 bridgehead atoms. The molecule has 27 heavy (non-hydrogen) atoms. The molecule has 0 saturated carbocycles. The Hall–Kier alpha value is -3.13. The van der Waals surface area contributed by atoms with Gasteiger partial charge >= 0.3 is 0 Å². The van der Waals surface area contributed by atoms with Crippen LogP contribution in [-0.2, 0) is 6.54 Å². The van der Waals surface area contributed by atoms with Crippen molar-refractivity contribution in [2.24, 2.45) is 0 Å². The van der Waals surface area contributed by atoms with Crippen molar-refractivity contribution in [3.8, 4) is 0 Å². The maximum Gasteiger partial charge on any atom is 0.282 e. The second-order valence-electron chi connectivity index (χ2n) is 5.96. The smallest absolute Gasteiger partial charge is 0.282 e. The number of benzene rings is 2. The van der Waals surface area contributed by atoms with E-state index in [2.05, 4.69) is 10.4 Å². The van der Waals surface area contributed by atoms with Crippen molar-refractivity contribution in [3.63, 3.8) is 0 Å². The largest absolute Gasteiger partial charge is 0.307 e. The lowest BCUT2D eigenvalue weighted by Gasteiger charge is -2.10. The number of carbonyl (C=O) groups excluding carboxylic acids is 1. The van der Waals surface area contributed by atoms with E-state index in [1.807, 2.05) is 37.4 Å². The van der Waals surface area contributed by atoms with E-state index in [1.165, 1.54) is 23.9 Å². The Balaban J connectivity index is 1.85. The third-order valence-corrected chi connectivity index (χ3v) is 4.74. The average Bonchev–Trinajstić information content (AvgIpc) is 3.07.